The molecule has 0 bridgehead atoms. The normalized spacial score (nSPS) is 21.9. The Hall–Kier alpha value is -3.36. The molecule has 2 aromatic heterocycles. The minimum atomic E-state index is -4.89. The van der Waals surface area contributed by atoms with Crippen LogP contribution in [0.3, 0.4) is 0 Å². The van der Waals surface area contributed by atoms with Crippen molar-refractivity contribution in [1.82, 2.24) is 14.8 Å². The maximum absolute atomic E-state index is 15.3. The highest BCUT2D eigenvalue weighted by molar-refractivity contribution is 7.10. The highest BCUT2D eigenvalue weighted by atomic mass is 35.5. The topological polar surface area (TPSA) is 72.0 Å². The summed E-state index contributed by atoms with van der Waals surface area (Å²) < 4.78 is 95.2. The van der Waals surface area contributed by atoms with E-state index < -0.39 is 58.0 Å². The number of amides is 2. The summed E-state index contributed by atoms with van der Waals surface area (Å²) in [4.78, 5) is 35.1. The van der Waals surface area contributed by atoms with Crippen LogP contribution >= 0.6 is 22.9 Å². The number of hydrogen-bond acceptors (Lipinski definition) is 6. The van der Waals surface area contributed by atoms with Gasteiger partial charge in [0.05, 0.1) is 11.6 Å². The first-order valence-corrected chi connectivity index (χ1v) is 17.6. The van der Waals surface area contributed by atoms with Gasteiger partial charge < -0.3 is 19.3 Å². The SMILES string of the molecule is CCC[C@H]1N(C(=O)c2ncccc2C(F)(F)F)CCC[C@@]1(Oc1csc(C(F)(F)F)c1)C(=O)N1Cc2ccc(Cl)cc2C[C@@H]1C[C@@H](C)COC. The second-order valence-electron chi connectivity index (χ2n) is 12.9. The second-order valence-corrected chi connectivity index (χ2v) is 14.3. The van der Waals surface area contributed by atoms with Crippen molar-refractivity contribution in [3.05, 3.63) is 80.3 Å². The van der Waals surface area contributed by atoms with E-state index in [0.29, 0.717) is 42.2 Å². The molecule has 2 aliphatic heterocycles. The number of likely N-dealkylation sites (tertiary alicyclic amines) is 1. The highest BCUT2D eigenvalue weighted by Gasteiger charge is 2.57. The molecule has 1 saturated heterocycles. The van der Waals surface area contributed by atoms with E-state index in [0.717, 1.165) is 40.9 Å². The molecule has 0 spiro atoms. The standard InChI is InChI=1S/C35H38ClF6N3O4S/c1-4-7-28-33(49-26-17-29(50-20-26)35(40,41)42,11-6-13-44(28)31(46)30-27(34(37,38)39)8-5-12-43-30)32(47)45-18-22-9-10-24(36)15-23(22)16-25(45)14-21(2)19-48-3/h5,8-10,12,15,17,20-21,25,28H,4,6-7,11,13-14,16,18-19H2,1-3H3/t21-,25+,28-,33+/m1/s1. The van der Waals surface area contributed by atoms with E-state index in [2.05, 4.69) is 4.98 Å². The summed E-state index contributed by atoms with van der Waals surface area (Å²) in [6.45, 7) is 4.29. The molecule has 0 unspecified atom stereocenters. The van der Waals surface area contributed by atoms with Gasteiger partial charge in [0.15, 0.2) is 0 Å². The number of ether oxygens (including phenoxy) is 2. The lowest BCUT2D eigenvalue weighted by atomic mass is 9.78. The molecule has 4 heterocycles. The van der Waals surface area contributed by atoms with E-state index in [-0.39, 0.29) is 44.0 Å². The van der Waals surface area contributed by atoms with Gasteiger partial charge in [0.1, 0.15) is 16.3 Å². The Kier molecular flexibility index (Phi) is 11.4. The molecule has 0 N–H and O–H groups in total. The molecular formula is C35H38ClF6N3O4S. The van der Waals surface area contributed by atoms with Crippen LogP contribution in [0.2, 0.25) is 5.02 Å². The van der Waals surface area contributed by atoms with Crippen molar-refractivity contribution >= 4 is 34.8 Å². The fourth-order valence-corrected chi connectivity index (χ4v) is 8.07. The van der Waals surface area contributed by atoms with Gasteiger partial charge in [-0.1, -0.05) is 37.9 Å². The van der Waals surface area contributed by atoms with Gasteiger partial charge in [-0.05, 0) is 67.0 Å². The van der Waals surface area contributed by atoms with Gasteiger partial charge in [-0.25, -0.2) is 0 Å². The third-order valence-electron chi connectivity index (χ3n) is 9.31. The Bertz CT molecular complexity index is 1680. The number of pyridine rings is 1. The first-order valence-electron chi connectivity index (χ1n) is 16.3. The van der Waals surface area contributed by atoms with Crippen LogP contribution < -0.4 is 4.74 Å². The van der Waals surface area contributed by atoms with Crippen LogP contribution in [0.25, 0.3) is 0 Å². The number of benzene rings is 1. The Morgan fingerprint density at radius 3 is 2.52 bits per heavy atom. The molecule has 0 radical (unpaired) electrons. The lowest BCUT2D eigenvalue weighted by Crippen LogP contribution is -2.69. The molecule has 0 saturated carbocycles. The van der Waals surface area contributed by atoms with Crippen LogP contribution in [0.15, 0.2) is 48.0 Å². The smallest absolute Gasteiger partial charge is 0.425 e. The average molecular weight is 746 g/mol. The molecule has 1 aromatic carbocycles. The molecule has 5 rings (SSSR count). The number of carbonyl (C=O) groups excluding carboxylic acids is 2. The van der Waals surface area contributed by atoms with Gasteiger partial charge in [-0.3, -0.25) is 14.6 Å². The van der Waals surface area contributed by atoms with Crippen molar-refractivity contribution in [3.8, 4) is 5.75 Å². The van der Waals surface area contributed by atoms with E-state index in [1.807, 2.05) is 19.1 Å². The Balaban J connectivity index is 1.64. The molecule has 50 heavy (non-hydrogen) atoms. The number of thiophene rings is 1. The fraction of sp³-hybridized carbons (Fsp3) is 0.514. The maximum Gasteiger partial charge on any atom is 0.425 e. The minimum absolute atomic E-state index is 0.00457. The van der Waals surface area contributed by atoms with Gasteiger partial charge in [0.2, 0.25) is 5.60 Å². The first-order chi connectivity index (χ1) is 23.6. The lowest BCUT2D eigenvalue weighted by molar-refractivity contribution is -0.163. The number of nitrogens with zero attached hydrogens (tertiary/aromatic N) is 3. The first kappa shape index (κ1) is 37.9. The fourth-order valence-electron chi connectivity index (χ4n) is 7.20. The monoisotopic (exact) mass is 745 g/mol. The van der Waals surface area contributed by atoms with Crippen molar-refractivity contribution in [2.24, 2.45) is 5.92 Å². The van der Waals surface area contributed by atoms with E-state index >= 15 is 4.79 Å². The molecule has 1 fully saturated rings. The molecule has 4 atom stereocenters. The van der Waals surface area contributed by atoms with Gasteiger partial charge in [0.25, 0.3) is 11.8 Å². The number of rotatable bonds is 10. The summed E-state index contributed by atoms with van der Waals surface area (Å²) in [6, 6.07) is 6.48. The van der Waals surface area contributed by atoms with Crippen molar-refractivity contribution in [2.75, 3.05) is 20.3 Å². The third-order valence-corrected chi connectivity index (χ3v) is 10.5. The van der Waals surface area contributed by atoms with Crippen molar-refractivity contribution in [2.45, 2.75) is 89.0 Å². The largest absolute Gasteiger partial charge is 0.474 e. The van der Waals surface area contributed by atoms with Crippen LogP contribution in [0.5, 0.6) is 5.75 Å². The van der Waals surface area contributed by atoms with Gasteiger partial charge in [0, 0.05) is 61.9 Å². The number of halogens is 7. The van der Waals surface area contributed by atoms with Gasteiger partial charge >= 0.3 is 12.4 Å². The highest BCUT2D eigenvalue weighted by Crippen LogP contribution is 2.44. The molecule has 15 heteroatoms. The van der Waals surface area contributed by atoms with Gasteiger partial charge in [-0.15, -0.1) is 11.3 Å². The number of aromatic nitrogens is 1. The van der Waals surface area contributed by atoms with E-state index in [1.54, 1.807) is 25.0 Å². The number of methoxy groups -OCH3 is 1. The quantitative estimate of drug-likeness (QED) is 0.194. The molecule has 7 nitrogen and oxygen atoms in total. The average Bonchev–Trinajstić information content (AvgIpc) is 3.53. The van der Waals surface area contributed by atoms with Crippen LogP contribution in [0.1, 0.15) is 78.0 Å². The second kappa shape index (κ2) is 15.1. The zero-order valence-electron chi connectivity index (χ0n) is 27.7. The summed E-state index contributed by atoms with van der Waals surface area (Å²) in [5.74, 6) is -1.80. The molecule has 2 aliphatic rings. The predicted octanol–water partition coefficient (Wildman–Crippen LogP) is 8.68. The summed E-state index contributed by atoms with van der Waals surface area (Å²) in [6.07, 6.45) is -6.91. The third kappa shape index (κ3) is 7.91. The van der Waals surface area contributed by atoms with Crippen LogP contribution in [-0.2, 0) is 34.8 Å². The number of piperidine rings is 1. The molecule has 272 valence electrons. The maximum atomic E-state index is 15.3. The van der Waals surface area contributed by atoms with E-state index in [1.165, 1.54) is 4.90 Å². The molecule has 3 aromatic rings. The summed E-state index contributed by atoms with van der Waals surface area (Å²) in [7, 11) is 1.57. The van der Waals surface area contributed by atoms with Crippen LogP contribution in [0.4, 0.5) is 26.3 Å². The van der Waals surface area contributed by atoms with Crippen LogP contribution in [0, 0.1) is 5.92 Å². The lowest BCUT2D eigenvalue weighted by Gasteiger charge is -2.51. The van der Waals surface area contributed by atoms with Gasteiger partial charge in [-0.2, -0.15) is 26.3 Å². The van der Waals surface area contributed by atoms with Crippen molar-refractivity contribution < 1.29 is 45.4 Å². The predicted molar refractivity (Wildman–Crippen MR) is 176 cm³/mol. The molecular weight excluding hydrogens is 708 g/mol. The number of hydrogen-bond donors (Lipinski definition) is 0. The number of alkyl halides is 6. The summed E-state index contributed by atoms with van der Waals surface area (Å²) in [5, 5.41) is 1.69. The van der Waals surface area contributed by atoms with E-state index in [4.69, 9.17) is 21.1 Å². The minimum Gasteiger partial charge on any atom is -0.474 e. The zero-order chi connectivity index (χ0) is 36.4. The van der Waals surface area contributed by atoms with Crippen molar-refractivity contribution in [1.29, 1.82) is 0 Å². The summed E-state index contributed by atoms with van der Waals surface area (Å²) >= 11 is 6.73. The molecule has 2 amide bonds. The van der Waals surface area contributed by atoms with Crippen molar-refractivity contribution in [3.63, 3.8) is 0 Å². The summed E-state index contributed by atoms with van der Waals surface area (Å²) in [5.41, 5.74) is -2.22. The van der Waals surface area contributed by atoms with E-state index in [9.17, 15) is 31.1 Å². The Labute approximate surface area is 295 Å². The zero-order valence-corrected chi connectivity index (χ0v) is 29.3. The number of fused-ring (bicyclic) bond motifs is 1. The Morgan fingerprint density at radius 2 is 1.86 bits per heavy atom. The Morgan fingerprint density at radius 1 is 1.10 bits per heavy atom. The molecule has 0 aliphatic carbocycles. The van der Waals surface area contributed by atoms with Crippen LogP contribution in [-0.4, -0.2) is 64.5 Å². The number of carbonyl (C=O) groups is 2.